The van der Waals surface area contributed by atoms with Crippen molar-refractivity contribution in [3.05, 3.63) is 53.4 Å². The normalized spacial score (nSPS) is 19.4. The van der Waals surface area contributed by atoms with E-state index in [4.69, 9.17) is 4.74 Å². The molecule has 0 aliphatic carbocycles. The molecule has 1 aromatic carbocycles. The topological polar surface area (TPSA) is 89.5 Å². The van der Waals surface area contributed by atoms with E-state index in [0.29, 0.717) is 6.42 Å². The first-order chi connectivity index (χ1) is 13.3. The van der Waals surface area contributed by atoms with Crippen molar-refractivity contribution in [1.29, 1.82) is 0 Å². The number of hydrogen-bond acceptors (Lipinski definition) is 6. The van der Waals surface area contributed by atoms with Gasteiger partial charge in [0.25, 0.3) is 5.91 Å². The van der Waals surface area contributed by atoms with E-state index in [2.05, 4.69) is 5.32 Å². The van der Waals surface area contributed by atoms with Crippen molar-refractivity contribution in [2.45, 2.75) is 25.5 Å². The number of ether oxygens (including phenoxy) is 1. The molecular formula is C20H21NO5S2. The molecule has 0 saturated carbocycles. The maximum atomic E-state index is 12.1. The van der Waals surface area contributed by atoms with E-state index in [9.17, 15) is 18.0 Å². The molecule has 3 rings (SSSR count). The molecule has 1 N–H and O–H groups in total. The molecule has 148 valence electrons. The van der Waals surface area contributed by atoms with Crippen molar-refractivity contribution in [2.75, 3.05) is 11.5 Å². The number of carbonyl (C=O) groups is 2. The molecule has 28 heavy (non-hydrogen) atoms. The Labute approximate surface area is 168 Å². The summed E-state index contributed by atoms with van der Waals surface area (Å²) in [5, 5.41) is 2.62. The maximum absolute atomic E-state index is 12.1. The fraction of sp³-hybridized carbons (Fsp3) is 0.300. The summed E-state index contributed by atoms with van der Waals surface area (Å²) in [5.41, 5.74) is 1.11. The summed E-state index contributed by atoms with van der Waals surface area (Å²) in [6.45, 7) is 1.46. The quantitative estimate of drug-likeness (QED) is 0.574. The number of rotatable bonds is 6. The second-order valence-electron chi connectivity index (χ2n) is 6.59. The van der Waals surface area contributed by atoms with Crippen molar-refractivity contribution in [3.8, 4) is 10.4 Å². The molecule has 2 aromatic rings. The Morgan fingerprint density at radius 1 is 1.21 bits per heavy atom. The highest BCUT2D eigenvalue weighted by Crippen LogP contribution is 2.28. The minimum atomic E-state index is -3.08. The minimum Gasteiger partial charge on any atom is -0.449 e. The summed E-state index contributed by atoms with van der Waals surface area (Å²) in [6, 6.07) is 13.4. The molecule has 1 aromatic heterocycles. The SMILES string of the molecule is C[C@H](OC(=O)/C=C/c1ccc(-c2ccccc2)s1)C(=O)N[C@H]1CCS(=O)(=O)C1. The molecule has 6 nitrogen and oxygen atoms in total. The minimum absolute atomic E-state index is 0.0680. The number of esters is 1. The van der Waals surface area contributed by atoms with Crippen molar-refractivity contribution < 1.29 is 22.7 Å². The van der Waals surface area contributed by atoms with Crippen LogP contribution in [0.4, 0.5) is 0 Å². The molecule has 0 unspecified atom stereocenters. The number of hydrogen-bond donors (Lipinski definition) is 1. The highest BCUT2D eigenvalue weighted by atomic mass is 32.2. The van der Waals surface area contributed by atoms with E-state index in [1.807, 2.05) is 42.5 Å². The lowest BCUT2D eigenvalue weighted by Gasteiger charge is -2.15. The smallest absolute Gasteiger partial charge is 0.331 e. The monoisotopic (exact) mass is 419 g/mol. The van der Waals surface area contributed by atoms with E-state index in [0.717, 1.165) is 15.3 Å². The third kappa shape index (κ3) is 5.53. The van der Waals surface area contributed by atoms with Gasteiger partial charge in [-0.2, -0.15) is 0 Å². The summed E-state index contributed by atoms with van der Waals surface area (Å²) < 4.78 is 28.0. The van der Waals surface area contributed by atoms with Crippen LogP contribution in [0.5, 0.6) is 0 Å². The standard InChI is InChI=1S/C20H21NO5S2/c1-14(20(23)21-16-11-12-28(24,25)13-16)26-19(22)10-8-17-7-9-18(27-17)15-5-3-2-4-6-15/h2-10,14,16H,11-13H2,1H3,(H,21,23)/b10-8+/t14-,16-/m0/s1. The van der Waals surface area contributed by atoms with Crippen LogP contribution >= 0.6 is 11.3 Å². The first kappa shape index (κ1) is 20.3. The van der Waals surface area contributed by atoms with Crippen LogP contribution in [-0.2, 0) is 24.2 Å². The summed E-state index contributed by atoms with van der Waals surface area (Å²) in [7, 11) is -3.08. The van der Waals surface area contributed by atoms with Gasteiger partial charge in [-0.05, 0) is 37.1 Å². The van der Waals surface area contributed by atoms with Crippen LogP contribution in [0.3, 0.4) is 0 Å². The van der Waals surface area contributed by atoms with Gasteiger partial charge in [0.2, 0.25) is 0 Å². The Hall–Kier alpha value is -2.45. The van der Waals surface area contributed by atoms with Gasteiger partial charge in [0.15, 0.2) is 15.9 Å². The Balaban J connectivity index is 1.51. The van der Waals surface area contributed by atoms with E-state index >= 15 is 0 Å². The van der Waals surface area contributed by atoms with Gasteiger partial charge < -0.3 is 10.1 Å². The van der Waals surface area contributed by atoms with Crippen LogP contribution in [-0.4, -0.2) is 43.9 Å². The van der Waals surface area contributed by atoms with Crippen molar-refractivity contribution in [1.82, 2.24) is 5.32 Å². The van der Waals surface area contributed by atoms with E-state index in [-0.39, 0.29) is 11.5 Å². The van der Waals surface area contributed by atoms with Gasteiger partial charge in [-0.3, -0.25) is 4.79 Å². The van der Waals surface area contributed by atoms with Crippen LogP contribution in [0.1, 0.15) is 18.2 Å². The largest absolute Gasteiger partial charge is 0.449 e. The van der Waals surface area contributed by atoms with E-state index < -0.39 is 33.9 Å². The van der Waals surface area contributed by atoms with Gasteiger partial charge in [0.05, 0.1) is 11.5 Å². The first-order valence-electron chi connectivity index (χ1n) is 8.87. The summed E-state index contributed by atoms with van der Waals surface area (Å²) in [5.74, 6) is -1.12. The number of amides is 1. The van der Waals surface area contributed by atoms with Gasteiger partial charge >= 0.3 is 5.97 Å². The molecule has 1 aliphatic rings. The molecule has 1 amide bonds. The third-order valence-electron chi connectivity index (χ3n) is 4.31. The van der Waals surface area contributed by atoms with Crippen LogP contribution in [0.15, 0.2) is 48.5 Å². The first-order valence-corrected chi connectivity index (χ1v) is 11.5. The van der Waals surface area contributed by atoms with Crippen LogP contribution in [0.2, 0.25) is 0 Å². The number of thiophene rings is 1. The van der Waals surface area contributed by atoms with E-state index in [1.54, 1.807) is 17.4 Å². The van der Waals surface area contributed by atoms with E-state index in [1.165, 1.54) is 13.0 Å². The molecule has 8 heteroatoms. The van der Waals surface area contributed by atoms with Crippen LogP contribution in [0, 0.1) is 0 Å². The highest BCUT2D eigenvalue weighted by molar-refractivity contribution is 7.91. The molecule has 1 fully saturated rings. The van der Waals surface area contributed by atoms with Gasteiger partial charge in [0, 0.05) is 21.9 Å². The molecule has 1 saturated heterocycles. The fourth-order valence-electron chi connectivity index (χ4n) is 2.84. The van der Waals surface area contributed by atoms with Crippen LogP contribution in [0.25, 0.3) is 16.5 Å². The zero-order chi connectivity index (χ0) is 20.1. The van der Waals surface area contributed by atoms with Crippen LogP contribution < -0.4 is 5.32 Å². The predicted octanol–water partition coefficient (Wildman–Crippen LogP) is 2.66. The lowest BCUT2D eigenvalue weighted by atomic mass is 10.2. The summed E-state index contributed by atoms with van der Waals surface area (Å²) in [6.07, 6.45) is 2.32. The molecule has 0 radical (unpaired) electrons. The van der Waals surface area contributed by atoms with Crippen molar-refractivity contribution in [3.63, 3.8) is 0 Å². The molecule has 0 bridgehead atoms. The Morgan fingerprint density at radius 2 is 1.96 bits per heavy atom. The maximum Gasteiger partial charge on any atom is 0.331 e. The number of benzene rings is 1. The Bertz CT molecular complexity index is 979. The predicted molar refractivity (Wildman–Crippen MR) is 110 cm³/mol. The van der Waals surface area contributed by atoms with Crippen molar-refractivity contribution >= 4 is 39.1 Å². The average Bonchev–Trinajstić information content (AvgIpc) is 3.27. The number of nitrogens with one attached hydrogen (secondary N) is 1. The van der Waals surface area contributed by atoms with Gasteiger partial charge in [-0.15, -0.1) is 11.3 Å². The summed E-state index contributed by atoms with van der Waals surface area (Å²) in [4.78, 5) is 26.0. The molecule has 1 aliphatic heterocycles. The zero-order valence-corrected chi connectivity index (χ0v) is 17.0. The number of carbonyl (C=O) groups excluding carboxylic acids is 2. The lowest BCUT2D eigenvalue weighted by Crippen LogP contribution is -2.42. The highest BCUT2D eigenvalue weighted by Gasteiger charge is 2.30. The second-order valence-corrected chi connectivity index (χ2v) is 9.93. The average molecular weight is 420 g/mol. The second kappa shape index (κ2) is 8.70. The Kier molecular flexibility index (Phi) is 6.31. The van der Waals surface area contributed by atoms with Gasteiger partial charge in [0.1, 0.15) is 0 Å². The summed E-state index contributed by atoms with van der Waals surface area (Å²) >= 11 is 1.54. The van der Waals surface area contributed by atoms with Crippen molar-refractivity contribution in [2.24, 2.45) is 0 Å². The molecule has 0 spiro atoms. The number of sulfone groups is 1. The zero-order valence-electron chi connectivity index (χ0n) is 15.3. The van der Waals surface area contributed by atoms with Gasteiger partial charge in [-0.1, -0.05) is 30.3 Å². The lowest BCUT2D eigenvalue weighted by molar-refractivity contribution is -0.150. The molecule has 2 atom stereocenters. The fourth-order valence-corrected chi connectivity index (χ4v) is 5.43. The Morgan fingerprint density at radius 3 is 2.64 bits per heavy atom. The third-order valence-corrected chi connectivity index (χ3v) is 7.18. The van der Waals surface area contributed by atoms with Gasteiger partial charge in [-0.25, -0.2) is 13.2 Å². The molecular weight excluding hydrogens is 398 g/mol. The molecule has 2 heterocycles.